The molecule has 2 N–H and O–H groups in total. The van der Waals surface area contributed by atoms with Crippen LogP contribution >= 0.6 is 12.2 Å². The summed E-state index contributed by atoms with van der Waals surface area (Å²) >= 11 is 5.28. The smallest absolute Gasteiger partial charge is 0.271 e. The first-order valence-corrected chi connectivity index (χ1v) is 7.89. The van der Waals surface area contributed by atoms with Crippen molar-refractivity contribution in [2.45, 2.75) is 13.0 Å². The number of non-ortho nitro benzene ring substituents is 1. The Balaban J connectivity index is 2.05. The molecule has 2 rings (SSSR count). The Hall–Kier alpha value is -2.87. The van der Waals surface area contributed by atoms with Crippen molar-refractivity contribution in [3.05, 3.63) is 58.1 Å². The number of thiocarbonyl (C=S) groups is 1. The van der Waals surface area contributed by atoms with Gasteiger partial charge >= 0.3 is 0 Å². The van der Waals surface area contributed by atoms with Gasteiger partial charge in [0.15, 0.2) is 16.6 Å². The lowest BCUT2D eigenvalue weighted by molar-refractivity contribution is -0.384. The molecule has 132 valence electrons. The summed E-state index contributed by atoms with van der Waals surface area (Å²) in [6, 6.07) is 11.7. The van der Waals surface area contributed by atoms with Gasteiger partial charge in [0.25, 0.3) is 5.69 Å². The molecule has 0 aliphatic rings. The van der Waals surface area contributed by atoms with Crippen molar-refractivity contribution in [2.24, 2.45) is 0 Å². The van der Waals surface area contributed by atoms with Gasteiger partial charge in [0.1, 0.15) is 0 Å². The molecule has 0 heterocycles. The molecule has 0 spiro atoms. The zero-order valence-electron chi connectivity index (χ0n) is 14.1. The van der Waals surface area contributed by atoms with E-state index in [4.69, 9.17) is 21.7 Å². The Morgan fingerprint density at radius 1 is 1.16 bits per heavy atom. The Morgan fingerprint density at radius 3 is 2.52 bits per heavy atom. The molecule has 0 saturated carbocycles. The molecule has 0 amide bonds. The quantitative estimate of drug-likeness (QED) is 0.461. The van der Waals surface area contributed by atoms with Crippen LogP contribution in [0.25, 0.3) is 0 Å². The number of nitro groups is 1. The number of ether oxygens (including phenoxy) is 2. The van der Waals surface area contributed by atoms with E-state index in [9.17, 15) is 10.1 Å². The standard InChI is InChI=1S/C17H19N3O4S/c1-11(12-7-8-15(23-2)16(9-12)24-3)18-17(25)19-13-5-4-6-14(10-13)20(21)22/h4-11H,1-3H3,(H2,18,19,25). The lowest BCUT2D eigenvalue weighted by Crippen LogP contribution is -2.30. The minimum Gasteiger partial charge on any atom is -0.493 e. The number of anilines is 1. The molecule has 1 atom stereocenters. The molecule has 0 saturated heterocycles. The van der Waals surface area contributed by atoms with Gasteiger partial charge in [0.05, 0.1) is 25.2 Å². The first-order chi connectivity index (χ1) is 11.9. The Labute approximate surface area is 151 Å². The van der Waals surface area contributed by atoms with Crippen LogP contribution in [0.1, 0.15) is 18.5 Å². The zero-order chi connectivity index (χ0) is 18.4. The molecule has 8 heteroatoms. The minimum absolute atomic E-state index is 0.000684. The van der Waals surface area contributed by atoms with Gasteiger partial charge in [0.2, 0.25) is 0 Å². The molecule has 0 bridgehead atoms. The predicted molar refractivity (Wildman–Crippen MR) is 100 cm³/mol. The van der Waals surface area contributed by atoms with Crippen LogP contribution in [-0.2, 0) is 0 Å². The first kappa shape index (κ1) is 18.5. The van der Waals surface area contributed by atoms with Gasteiger partial charge in [-0.15, -0.1) is 0 Å². The van der Waals surface area contributed by atoms with Gasteiger partial charge in [-0.05, 0) is 42.9 Å². The maximum atomic E-state index is 10.8. The third kappa shape index (κ3) is 4.80. The van der Waals surface area contributed by atoms with Gasteiger partial charge in [-0.1, -0.05) is 12.1 Å². The number of hydrogen-bond acceptors (Lipinski definition) is 5. The summed E-state index contributed by atoms with van der Waals surface area (Å²) in [5.41, 5.74) is 1.51. The average Bonchev–Trinajstić information content (AvgIpc) is 2.61. The summed E-state index contributed by atoms with van der Waals surface area (Å²) in [7, 11) is 3.16. The monoisotopic (exact) mass is 361 g/mol. The maximum Gasteiger partial charge on any atom is 0.271 e. The lowest BCUT2D eigenvalue weighted by Gasteiger charge is -2.18. The van der Waals surface area contributed by atoms with Crippen molar-refractivity contribution in [1.82, 2.24) is 5.32 Å². The average molecular weight is 361 g/mol. The van der Waals surface area contributed by atoms with E-state index in [-0.39, 0.29) is 11.7 Å². The number of benzene rings is 2. The van der Waals surface area contributed by atoms with Crippen molar-refractivity contribution >= 4 is 28.7 Å². The van der Waals surface area contributed by atoms with Crippen molar-refractivity contribution in [2.75, 3.05) is 19.5 Å². The van der Waals surface area contributed by atoms with Crippen LogP contribution in [0.5, 0.6) is 11.5 Å². The van der Waals surface area contributed by atoms with Gasteiger partial charge < -0.3 is 20.1 Å². The van der Waals surface area contributed by atoms with Crippen LogP contribution in [0.2, 0.25) is 0 Å². The maximum absolute atomic E-state index is 10.8. The Kier molecular flexibility index (Phi) is 6.13. The van der Waals surface area contributed by atoms with Gasteiger partial charge in [-0.3, -0.25) is 10.1 Å². The van der Waals surface area contributed by atoms with Crippen LogP contribution in [0, 0.1) is 10.1 Å². The number of nitrogens with zero attached hydrogens (tertiary/aromatic N) is 1. The molecule has 0 aromatic heterocycles. The zero-order valence-corrected chi connectivity index (χ0v) is 14.9. The normalized spacial score (nSPS) is 11.3. The fraction of sp³-hybridized carbons (Fsp3) is 0.235. The van der Waals surface area contributed by atoms with Crippen molar-refractivity contribution < 1.29 is 14.4 Å². The van der Waals surface area contributed by atoms with E-state index in [1.54, 1.807) is 26.4 Å². The van der Waals surface area contributed by atoms with Crippen LogP contribution in [0.15, 0.2) is 42.5 Å². The summed E-state index contributed by atoms with van der Waals surface area (Å²) in [4.78, 5) is 10.4. The fourth-order valence-electron chi connectivity index (χ4n) is 2.27. The number of rotatable bonds is 6. The highest BCUT2D eigenvalue weighted by Crippen LogP contribution is 2.29. The second-order valence-corrected chi connectivity index (χ2v) is 5.65. The van der Waals surface area contributed by atoms with Gasteiger partial charge in [-0.2, -0.15) is 0 Å². The van der Waals surface area contributed by atoms with E-state index in [1.165, 1.54) is 12.1 Å². The second-order valence-electron chi connectivity index (χ2n) is 5.24. The van der Waals surface area contributed by atoms with Crippen LogP contribution in [0.4, 0.5) is 11.4 Å². The third-order valence-electron chi connectivity index (χ3n) is 3.57. The lowest BCUT2D eigenvalue weighted by atomic mass is 10.1. The molecule has 2 aromatic rings. The summed E-state index contributed by atoms with van der Waals surface area (Å²) in [6.45, 7) is 1.95. The van der Waals surface area contributed by atoms with Gasteiger partial charge in [-0.25, -0.2) is 0 Å². The topological polar surface area (TPSA) is 85.7 Å². The van der Waals surface area contributed by atoms with Crippen LogP contribution in [0.3, 0.4) is 0 Å². The Bertz CT molecular complexity index is 782. The summed E-state index contributed by atoms with van der Waals surface area (Å²) < 4.78 is 10.5. The van der Waals surface area contributed by atoms with Gasteiger partial charge in [0, 0.05) is 17.8 Å². The summed E-state index contributed by atoms with van der Waals surface area (Å²) in [6.07, 6.45) is 0. The van der Waals surface area contributed by atoms with E-state index in [1.807, 2.05) is 25.1 Å². The highest BCUT2D eigenvalue weighted by molar-refractivity contribution is 7.80. The molecule has 0 aliphatic carbocycles. The van der Waals surface area contributed by atoms with E-state index in [0.717, 1.165) is 5.56 Å². The molecule has 25 heavy (non-hydrogen) atoms. The summed E-state index contributed by atoms with van der Waals surface area (Å²) in [5.74, 6) is 1.28. The number of methoxy groups -OCH3 is 2. The van der Waals surface area contributed by atoms with Crippen molar-refractivity contribution in [3.63, 3.8) is 0 Å². The fourth-order valence-corrected chi connectivity index (χ4v) is 2.56. The summed E-state index contributed by atoms with van der Waals surface area (Å²) in [5, 5.41) is 17.3. The number of nitrogens with one attached hydrogen (secondary N) is 2. The highest BCUT2D eigenvalue weighted by atomic mass is 32.1. The van der Waals surface area contributed by atoms with E-state index in [2.05, 4.69) is 10.6 Å². The molecular formula is C17H19N3O4S. The number of nitro benzene ring substituents is 1. The molecule has 0 aliphatic heterocycles. The van der Waals surface area contributed by atoms with Crippen molar-refractivity contribution in [3.8, 4) is 11.5 Å². The van der Waals surface area contributed by atoms with E-state index in [0.29, 0.717) is 22.3 Å². The third-order valence-corrected chi connectivity index (χ3v) is 3.79. The first-order valence-electron chi connectivity index (χ1n) is 7.48. The molecule has 2 aromatic carbocycles. The van der Waals surface area contributed by atoms with Crippen molar-refractivity contribution in [1.29, 1.82) is 0 Å². The molecule has 0 fully saturated rings. The highest BCUT2D eigenvalue weighted by Gasteiger charge is 2.12. The SMILES string of the molecule is COc1ccc(C(C)NC(=S)Nc2cccc([N+](=O)[O-])c2)cc1OC. The van der Waals surface area contributed by atoms with E-state index >= 15 is 0 Å². The molecule has 7 nitrogen and oxygen atoms in total. The number of hydrogen-bond donors (Lipinski definition) is 2. The molecule has 1 unspecified atom stereocenters. The van der Waals surface area contributed by atoms with E-state index < -0.39 is 4.92 Å². The molecule has 0 radical (unpaired) electrons. The Morgan fingerprint density at radius 2 is 1.88 bits per heavy atom. The minimum atomic E-state index is -0.450. The largest absolute Gasteiger partial charge is 0.493 e. The predicted octanol–water partition coefficient (Wildman–Crippen LogP) is 3.66. The molecular weight excluding hydrogens is 342 g/mol. The second kappa shape index (κ2) is 8.29. The van der Waals surface area contributed by atoms with Crippen LogP contribution < -0.4 is 20.1 Å². The van der Waals surface area contributed by atoms with Crippen LogP contribution in [-0.4, -0.2) is 24.3 Å².